The van der Waals surface area contributed by atoms with Crippen molar-refractivity contribution in [3.8, 4) is 5.75 Å². The molecule has 0 amide bonds. The molecule has 1 aliphatic rings. The lowest BCUT2D eigenvalue weighted by Crippen LogP contribution is -2.20. The van der Waals surface area contributed by atoms with Crippen molar-refractivity contribution in [2.24, 2.45) is 0 Å². The molecular formula is C19H21BrN2O. The van der Waals surface area contributed by atoms with E-state index in [0.717, 1.165) is 46.4 Å². The topological polar surface area (TPSA) is 47.3 Å². The van der Waals surface area contributed by atoms with Crippen molar-refractivity contribution in [3.63, 3.8) is 0 Å². The van der Waals surface area contributed by atoms with Crippen molar-refractivity contribution in [1.29, 1.82) is 0 Å². The first-order chi connectivity index (χ1) is 11.2. The predicted octanol–water partition coefficient (Wildman–Crippen LogP) is 5.09. The van der Waals surface area contributed by atoms with Gasteiger partial charge in [0.15, 0.2) is 0 Å². The van der Waals surface area contributed by atoms with Gasteiger partial charge in [-0.05, 0) is 55.2 Å². The number of ether oxygens (including phenoxy) is 1. The molecule has 0 aromatic heterocycles. The average Bonchev–Trinajstić information content (AvgIpc) is 2.58. The summed E-state index contributed by atoms with van der Waals surface area (Å²) in [5.41, 5.74) is 10.5. The molecule has 0 fully saturated rings. The molecule has 1 aliphatic carbocycles. The Bertz CT molecular complexity index is 727. The summed E-state index contributed by atoms with van der Waals surface area (Å²) in [6, 6.07) is 14.3. The third kappa shape index (κ3) is 3.70. The number of hydrogen-bond acceptors (Lipinski definition) is 3. The number of para-hydroxylation sites is 2. The number of nitrogens with two attached hydrogens (primary N) is 1. The van der Waals surface area contributed by atoms with E-state index in [1.165, 1.54) is 5.57 Å². The third-order valence-electron chi connectivity index (χ3n) is 4.17. The maximum atomic E-state index is 6.16. The van der Waals surface area contributed by atoms with Crippen LogP contribution >= 0.6 is 15.9 Å². The number of halogens is 1. The molecule has 0 radical (unpaired) electrons. The van der Waals surface area contributed by atoms with Crippen LogP contribution < -0.4 is 15.8 Å². The number of nitrogens with one attached hydrogen (secondary N) is 1. The average molecular weight is 373 g/mol. The highest BCUT2D eigenvalue weighted by molar-refractivity contribution is 9.10. The number of allylic oxidation sites excluding steroid dienone is 1. The second-order valence-corrected chi connectivity index (χ2v) is 6.68. The van der Waals surface area contributed by atoms with E-state index >= 15 is 0 Å². The van der Waals surface area contributed by atoms with Crippen LogP contribution in [0.5, 0.6) is 5.75 Å². The molecule has 0 spiro atoms. The van der Waals surface area contributed by atoms with E-state index in [0.29, 0.717) is 0 Å². The van der Waals surface area contributed by atoms with Crippen LogP contribution in [-0.2, 0) is 0 Å². The summed E-state index contributed by atoms with van der Waals surface area (Å²) < 4.78 is 6.48. The van der Waals surface area contributed by atoms with E-state index in [-0.39, 0.29) is 6.04 Å². The molecule has 0 saturated carbocycles. The first-order valence-electron chi connectivity index (χ1n) is 7.83. The zero-order valence-electron chi connectivity index (χ0n) is 13.2. The van der Waals surface area contributed by atoms with E-state index in [9.17, 15) is 0 Å². The standard InChI is InChI=1S/C19H21BrN2O/c1-23-19-8-3-2-7-18(19)22-15-6-4-5-13(11-15)16-12-14(20)9-10-17(16)21/h2-3,7-12,15,22H,4-6,21H2,1H3. The monoisotopic (exact) mass is 372 g/mol. The van der Waals surface area contributed by atoms with E-state index in [4.69, 9.17) is 10.5 Å². The predicted molar refractivity (Wildman–Crippen MR) is 101 cm³/mol. The van der Waals surface area contributed by atoms with E-state index in [1.807, 2.05) is 30.3 Å². The minimum atomic E-state index is 0.286. The van der Waals surface area contributed by atoms with Gasteiger partial charge in [-0.3, -0.25) is 0 Å². The van der Waals surface area contributed by atoms with Gasteiger partial charge in [-0.2, -0.15) is 0 Å². The SMILES string of the molecule is COc1ccccc1NC1C=C(c2cc(Br)ccc2N)CCC1. The highest BCUT2D eigenvalue weighted by atomic mass is 79.9. The summed E-state index contributed by atoms with van der Waals surface area (Å²) in [5.74, 6) is 0.870. The highest BCUT2D eigenvalue weighted by Crippen LogP contribution is 2.34. The molecule has 3 rings (SSSR count). The summed E-state index contributed by atoms with van der Waals surface area (Å²) in [4.78, 5) is 0. The van der Waals surface area contributed by atoms with Crippen LogP contribution in [0.2, 0.25) is 0 Å². The summed E-state index contributed by atoms with van der Waals surface area (Å²) in [5, 5.41) is 3.58. The number of nitrogen functional groups attached to an aromatic ring is 1. The quantitative estimate of drug-likeness (QED) is 0.734. The molecule has 3 N–H and O–H groups in total. The smallest absolute Gasteiger partial charge is 0.141 e. The maximum absolute atomic E-state index is 6.16. The van der Waals surface area contributed by atoms with Crippen molar-refractivity contribution >= 4 is 32.9 Å². The Balaban J connectivity index is 1.86. The third-order valence-corrected chi connectivity index (χ3v) is 4.67. The van der Waals surface area contributed by atoms with Crippen LogP contribution in [0.4, 0.5) is 11.4 Å². The highest BCUT2D eigenvalue weighted by Gasteiger charge is 2.17. The van der Waals surface area contributed by atoms with E-state index < -0.39 is 0 Å². The molecule has 4 heteroatoms. The Morgan fingerprint density at radius 3 is 2.87 bits per heavy atom. The van der Waals surface area contributed by atoms with Crippen LogP contribution in [0.3, 0.4) is 0 Å². The Labute approximate surface area is 145 Å². The zero-order chi connectivity index (χ0) is 16.2. The van der Waals surface area contributed by atoms with Crippen molar-refractivity contribution in [2.75, 3.05) is 18.2 Å². The van der Waals surface area contributed by atoms with E-state index in [2.05, 4.69) is 39.5 Å². The summed E-state index contributed by atoms with van der Waals surface area (Å²) >= 11 is 3.54. The van der Waals surface area contributed by atoms with Crippen molar-refractivity contribution in [3.05, 3.63) is 58.6 Å². The first-order valence-corrected chi connectivity index (χ1v) is 8.62. The molecule has 2 aromatic rings. The van der Waals surface area contributed by atoms with Gasteiger partial charge in [0, 0.05) is 21.8 Å². The largest absolute Gasteiger partial charge is 0.495 e. The lowest BCUT2D eigenvalue weighted by atomic mass is 9.90. The summed E-state index contributed by atoms with van der Waals surface area (Å²) in [6.45, 7) is 0. The lowest BCUT2D eigenvalue weighted by molar-refractivity contribution is 0.416. The number of methoxy groups -OCH3 is 1. The normalized spacial score (nSPS) is 17.5. The van der Waals surface area contributed by atoms with Gasteiger partial charge in [-0.15, -0.1) is 0 Å². The van der Waals surface area contributed by atoms with Gasteiger partial charge >= 0.3 is 0 Å². The molecule has 0 saturated heterocycles. The zero-order valence-corrected chi connectivity index (χ0v) is 14.8. The molecular weight excluding hydrogens is 352 g/mol. The van der Waals surface area contributed by atoms with Crippen LogP contribution in [0.1, 0.15) is 24.8 Å². The molecule has 120 valence electrons. The summed E-state index contributed by atoms with van der Waals surface area (Å²) in [6.07, 6.45) is 5.61. The molecule has 1 atom stereocenters. The maximum Gasteiger partial charge on any atom is 0.141 e. The molecule has 0 heterocycles. The molecule has 0 bridgehead atoms. The van der Waals surface area contributed by atoms with E-state index in [1.54, 1.807) is 7.11 Å². The Hall–Kier alpha value is -1.94. The van der Waals surface area contributed by atoms with Gasteiger partial charge in [0.1, 0.15) is 5.75 Å². The van der Waals surface area contributed by atoms with Crippen molar-refractivity contribution < 1.29 is 4.74 Å². The van der Waals surface area contributed by atoms with Crippen LogP contribution in [-0.4, -0.2) is 13.2 Å². The van der Waals surface area contributed by atoms with Gasteiger partial charge in [0.25, 0.3) is 0 Å². The fraction of sp³-hybridized carbons (Fsp3) is 0.263. The fourth-order valence-corrected chi connectivity index (χ4v) is 3.39. The second-order valence-electron chi connectivity index (χ2n) is 5.77. The van der Waals surface area contributed by atoms with Gasteiger partial charge in [0.2, 0.25) is 0 Å². The number of hydrogen-bond donors (Lipinski definition) is 2. The van der Waals surface area contributed by atoms with Gasteiger partial charge < -0.3 is 15.8 Å². The molecule has 23 heavy (non-hydrogen) atoms. The van der Waals surface area contributed by atoms with Crippen LogP contribution in [0.15, 0.2) is 53.0 Å². The molecule has 0 aliphatic heterocycles. The second kappa shape index (κ2) is 7.09. The number of anilines is 2. The molecule has 3 nitrogen and oxygen atoms in total. The Morgan fingerprint density at radius 2 is 2.04 bits per heavy atom. The number of benzene rings is 2. The van der Waals surface area contributed by atoms with Crippen LogP contribution in [0, 0.1) is 0 Å². The van der Waals surface area contributed by atoms with Crippen molar-refractivity contribution in [2.45, 2.75) is 25.3 Å². The van der Waals surface area contributed by atoms with Crippen LogP contribution in [0.25, 0.3) is 5.57 Å². The van der Waals surface area contributed by atoms with Gasteiger partial charge in [-0.1, -0.05) is 34.1 Å². The fourth-order valence-electron chi connectivity index (χ4n) is 3.03. The summed E-state index contributed by atoms with van der Waals surface area (Å²) in [7, 11) is 1.70. The minimum absolute atomic E-state index is 0.286. The van der Waals surface area contributed by atoms with Gasteiger partial charge in [0.05, 0.1) is 12.8 Å². The Morgan fingerprint density at radius 1 is 1.22 bits per heavy atom. The van der Waals surface area contributed by atoms with Crippen molar-refractivity contribution in [1.82, 2.24) is 0 Å². The first kappa shape index (κ1) is 15.9. The molecule has 1 unspecified atom stereocenters. The number of rotatable bonds is 4. The lowest BCUT2D eigenvalue weighted by Gasteiger charge is -2.25. The van der Waals surface area contributed by atoms with Gasteiger partial charge in [-0.25, -0.2) is 0 Å². The Kier molecular flexibility index (Phi) is 4.91. The minimum Gasteiger partial charge on any atom is -0.495 e. The molecule has 2 aromatic carbocycles.